The molecule has 0 aliphatic carbocycles. The Morgan fingerprint density at radius 1 is 1.44 bits per heavy atom. The molecular weight excluding hydrogens is 196 g/mol. The van der Waals surface area contributed by atoms with Crippen LogP contribution in [-0.4, -0.2) is 4.57 Å². The van der Waals surface area contributed by atoms with Crippen LogP contribution < -0.4 is 5.73 Å². The van der Waals surface area contributed by atoms with Gasteiger partial charge in [0.25, 0.3) is 0 Å². The first-order valence-corrected chi connectivity index (χ1v) is 5.64. The molecule has 1 aromatic carbocycles. The number of aryl methyl sites for hydroxylation is 1. The van der Waals surface area contributed by atoms with E-state index in [9.17, 15) is 0 Å². The van der Waals surface area contributed by atoms with E-state index in [0.717, 1.165) is 12.8 Å². The SMILES string of the molecule is C=CCC[C@@H](N)c1cn(C)c2ccccc12. The lowest BCUT2D eigenvalue weighted by atomic mass is 10.0. The second-order valence-electron chi connectivity index (χ2n) is 4.19. The number of benzene rings is 1. The maximum Gasteiger partial charge on any atom is 0.0481 e. The Labute approximate surface area is 96.4 Å². The largest absolute Gasteiger partial charge is 0.350 e. The van der Waals surface area contributed by atoms with Crippen molar-refractivity contribution in [1.29, 1.82) is 0 Å². The van der Waals surface area contributed by atoms with Gasteiger partial charge in [0.1, 0.15) is 0 Å². The third-order valence-electron chi connectivity index (χ3n) is 3.01. The topological polar surface area (TPSA) is 30.9 Å². The second kappa shape index (κ2) is 4.54. The molecule has 16 heavy (non-hydrogen) atoms. The second-order valence-corrected chi connectivity index (χ2v) is 4.19. The number of allylic oxidation sites excluding steroid dienone is 1. The van der Waals surface area contributed by atoms with Crippen molar-refractivity contribution in [2.75, 3.05) is 0 Å². The van der Waals surface area contributed by atoms with Crippen LogP contribution >= 0.6 is 0 Å². The summed E-state index contributed by atoms with van der Waals surface area (Å²) in [5.41, 5.74) is 8.68. The van der Waals surface area contributed by atoms with Crippen molar-refractivity contribution < 1.29 is 0 Å². The van der Waals surface area contributed by atoms with Gasteiger partial charge in [-0.1, -0.05) is 24.3 Å². The molecule has 0 aliphatic rings. The summed E-state index contributed by atoms with van der Waals surface area (Å²) in [5.74, 6) is 0. The van der Waals surface area contributed by atoms with Crippen LogP contribution in [0.2, 0.25) is 0 Å². The molecule has 0 unspecified atom stereocenters. The van der Waals surface area contributed by atoms with E-state index in [4.69, 9.17) is 5.73 Å². The molecule has 2 rings (SSSR count). The van der Waals surface area contributed by atoms with Crippen molar-refractivity contribution in [3.63, 3.8) is 0 Å². The van der Waals surface area contributed by atoms with Gasteiger partial charge in [0.2, 0.25) is 0 Å². The fourth-order valence-electron chi connectivity index (χ4n) is 2.12. The number of fused-ring (bicyclic) bond motifs is 1. The van der Waals surface area contributed by atoms with E-state index in [2.05, 4.69) is 48.7 Å². The first-order chi connectivity index (χ1) is 7.74. The Balaban J connectivity index is 2.40. The fraction of sp³-hybridized carbons (Fsp3) is 0.286. The predicted molar refractivity (Wildman–Crippen MR) is 69.3 cm³/mol. The van der Waals surface area contributed by atoms with Crippen LogP contribution in [0.3, 0.4) is 0 Å². The molecule has 1 heterocycles. The van der Waals surface area contributed by atoms with Crippen molar-refractivity contribution in [3.8, 4) is 0 Å². The molecule has 0 bridgehead atoms. The van der Waals surface area contributed by atoms with Gasteiger partial charge in [-0.3, -0.25) is 0 Å². The van der Waals surface area contributed by atoms with Gasteiger partial charge in [-0.15, -0.1) is 6.58 Å². The van der Waals surface area contributed by atoms with E-state index >= 15 is 0 Å². The summed E-state index contributed by atoms with van der Waals surface area (Å²) >= 11 is 0. The lowest BCUT2D eigenvalue weighted by Gasteiger charge is -2.08. The van der Waals surface area contributed by atoms with Gasteiger partial charge in [-0.25, -0.2) is 0 Å². The van der Waals surface area contributed by atoms with E-state index in [0.29, 0.717) is 0 Å². The molecule has 0 radical (unpaired) electrons. The molecule has 0 saturated heterocycles. The summed E-state index contributed by atoms with van der Waals surface area (Å²) in [6.45, 7) is 3.73. The number of para-hydroxylation sites is 1. The molecule has 0 spiro atoms. The molecule has 2 nitrogen and oxygen atoms in total. The molecule has 1 atom stereocenters. The van der Waals surface area contributed by atoms with Crippen LogP contribution in [0.15, 0.2) is 43.1 Å². The molecule has 1 aromatic heterocycles. The van der Waals surface area contributed by atoms with Gasteiger partial charge >= 0.3 is 0 Å². The van der Waals surface area contributed by atoms with Gasteiger partial charge in [0.15, 0.2) is 0 Å². The van der Waals surface area contributed by atoms with Crippen LogP contribution in [0, 0.1) is 0 Å². The van der Waals surface area contributed by atoms with Crippen LogP contribution in [0.5, 0.6) is 0 Å². The Morgan fingerprint density at radius 3 is 2.94 bits per heavy atom. The standard InChI is InChI=1S/C14H18N2/c1-3-4-8-13(15)12-10-16(2)14-9-6-5-7-11(12)14/h3,5-7,9-10,13H,1,4,8,15H2,2H3/t13-/m1/s1. The summed E-state index contributed by atoms with van der Waals surface area (Å²) in [6, 6.07) is 8.48. The first-order valence-electron chi connectivity index (χ1n) is 5.64. The van der Waals surface area contributed by atoms with Crippen LogP contribution in [0.1, 0.15) is 24.4 Å². The Hall–Kier alpha value is -1.54. The van der Waals surface area contributed by atoms with Crippen molar-refractivity contribution in [2.24, 2.45) is 12.8 Å². The number of nitrogens with zero attached hydrogens (tertiary/aromatic N) is 1. The van der Waals surface area contributed by atoms with E-state index < -0.39 is 0 Å². The minimum Gasteiger partial charge on any atom is -0.350 e. The lowest BCUT2D eigenvalue weighted by molar-refractivity contribution is 0.663. The van der Waals surface area contributed by atoms with Crippen LogP contribution in [0.25, 0.3) is 10.9 Å². The van der Waals surface area contributed by atoms with Crippen molar-refractivity contribution in [2.45, 2.75) is 18.9 Å². The minimum atomic E-state index is 0.101. The van der Waals surface area contributed by atoms with Gasteiger partial charge in [-0.05, 0) is 24.5 Å². The van der Waals surface area contributed by atoms with Gasteiger partial charge < -0.3 is 10.3 Å². The summed E-state index contributed by atoms with van der Waals surface area (Å²) in [7, 11) is 2.06. The molecule has 0 fully saturated rings. The molecule has 2 aromatic rings. The number of nitrogens with two attached hydrogens (primary N) is 1. The molecule has 0 aliphatic heterocycles. The molecule has 0 amide bonds. The quantitative estimate of drug-likeness (QED) is 0.779. The first kappa shape index (κ1) is 11.0. The van der Waals surface area contributed by atoms with Crippen molar-refractivity contribution >= 4 is 10.9 Å². The van der Waals surface area contributed by atoms with Crippen molar-refractivity contribution in [1.82, 2.24) is 4.57 Å². The van der Waals surface area contributed by atoms with Crippen LogP contribution in [0.4, 0.5) is 0 Å². The summed E-state index contributed by atoms with van der Waals surface area (Å²) in [4.78, 5) is 0. The highest BCUT2D eigenvalue weighted by Gasteiger charge is 2.11. The van der Waals surface area contributed by atoms with E-state index in [1.54, 1.807) is 0 Å². The average Bonchev–Trinajstić information content (AvgIpc) is 2.65. The number of hydrogen-bond acceptors (Lipinski definition) is 1. The number of aromatic nitrogens is 1. The van der Waals surface area contributed by atoms with Crippen LogP contribution in [-0.2, 0) is 7.05 Å². The molecule has 2 heteroatoms. The monoisotopic (exact) mass is 214 g/mol. The third kappa shape index (κ3) is 1.89. The highest BCUT2D eigenvalue weighted by Crippen LogP contribution is 2.26. The van der Waals surface area contributed by atoms with Crippen molar-refractivity contribution in [3.05, 3.63) is 48.7 Å². The average molecular weight is 214 g/mol. The smallest absolute Gasteiger partial charge is 0.0481 e. The predicted octanol–water partition coefficient (Wildman–Crippen LogP) is 3.14. The van der Waals surface area contributed by atoms with Gasteiger partial charge in [0, 0.05) is 30.2 Å². The van der Waals surface area contributed by atoms with Gasteiger partial charge in [0.05, 0.1) is 0 Å². The Bertz CT molecular complexity index is 496. The number of hydrogen-bond donors (Lipinski definition) is 1. The molecule has 84 valence electrons. The van der Waals surface area contributed by atoms with E-state index in [-0.39, 0.29) is 6.04 Å². The molecule has 0 saturated carbocycles. The normalized spacial score (nSPS) is 12.9. The Morgan fingerprint density at radius 2 is 2.19 bits per heavy atom. The molecule has 2 N–H and O–H groups in total. The molecular formula is C14H18N2. The zero-order valence-corrected chi connectivity index (χ0v) is 9.69. The van der Waals surface area contributed by atoms with E-state index in [1.165, 1.54) is 16.5 Å². The third-order valence-corrected chi connectivity index (χ3v) is 3.01. The zero-order valence-electron chi connectivity index (χ0n) is 9.69. The van der Waals surface area contributed by atoms with Gasteiger partial charge in [-0.2, -0.15) is 0 Å². The summed E-state index contributed by atoms with van der Waals surface area (Å²) < 4.78 is 2.14. The highest BCUT2D eigenvalue weighted by molar-refractivity contribution is 5.84. The number of rotatable bonds is 4. The maximum atomic E-state index is 6.20. The summed E-state index contributed by atoms with van der Waals surface area (Å²) in [6.07, 6.45) is 5.98. The Kier molecular flexibility index (Phi) is 3.11. The zero-order chi connectivity index (χ0) is 11.5. The fourth-order valence-corrected chi connectivity index (χ4v) is 2.12. The minimum absolute atomic E-state index is 0.101. The lowest BCUT2D eigenvalue weighted by Crippen LogP contribution is -2.09. The van der Waals surface area contributed by atoms with E-state index in [1.807, 2.05) is 6.08 Å². The highest BCUT2D eigenvalue weighted by atomic mass is 14.9. The maximum absolute atomic E-state index is 6.20. The summed E-state index contributed by atoms with van der Waals surface area (Å²) in [5, 5.41) is 1.27.